The second kappa shape index (κ2) is 4.11. The maximum absolute atomic E-state index is 12.0. The van der Waals surface area contributed by atoms with E-state index in [2.05, 4.69) is 4.98 Å². The van der Waals surface area contributed by atoms with Gasteiger partial charge < -0.3 is 4.74 Å². The van der Waals surface area contributed by atoms with Crippen molar-refractivity contribution < 1.29 is 9.53 Å². The van der Waals surface area contributed by atoms with E-state index in [9.17, 15) is 4.79 Å². The number of aromatic nitrogens is 1. The smallest absolute Gasteiger partial charge is 0.194 e. The van der Waals surface area contributed by atoms with Gasteiger partial charge in [-0.3, -0.25) is 9.78 Å². The van der Waals surface area contributed by atoms with Crippen molar-refractivity contribution in [2.45, 2.75) is 12.2 Å². The highest BCUT2D eigenvalue weighted by Crippen LogP contribution is 2.39. The molecule has 0 N–H and O–H groups in total. The Bertz CT molecular complexity index is 524. The minimum atomic E-state index is -0.368. The van der Waals surface area contributed by atoms with Crippen molar-refractivity contribution in [2.75, 3.05) is 0 Å². The van der Waals surface area contributed by atoms with Gasteiger partial charge in [0.1, 0.15) is 6.10 Å². The standard InChI is InChI=1S/C14H11NO2/c16-12(10-6-2-1-3-7-10)14-13(17-14)11-8-4-5-9-15-11/h1-9,13-14H. The third kappa shape index (κ3) is 1.97. The Labute approximate surface area is 99.1 Å². The lowest BCUT2D eigenvalue weighted by molar-refractivity contribution is 0.0953. The Morgan fingerprint density at radius 1 is 1.06 bits per heavy atom. The van der Waals surface area contributed by atoms with E-state index in [0.717, 1.165) is 5.69 Å². The lowest BCUT2D eigenvalue weighted by atomic mass is 10.1. The van der Waals surface area contributed by atoms with Crippen molar-refractivity contribution in [3.8, 4) is 0 Å². The molecule has 2 aromatic rings. The second-order valence-electron chi connectivity index (χ2n) is 3.96. The molecule has 0 radical (unpaired) electrons. The number of carbonyl (C=O) groups excluding carboxylic acids is 1. The van der Waals surface area contributed by atoms with Gasteiger partial charge in [-0.25, -0.2) is 0 Å². The highest BCUT2D eigenvalue weighted by molar-refractivity contribution is 6.01. The normalized spacial score (nSPS) is 22.1. The average molecular weight is 225 g/mol. The zero-order chi connectivity index (χ0) is 11.7. The van der Waals surface area contributed by atoms with Gasteiger partial charge in [-0.15, -0.1) is 0 Å². The third-order valence-electron chi connectivity index (χ3n) is 2.79. The molecule has 2 atom stereocenters. The Morgan fingerprint density at radius 2 is 1.82 bits per heavy atom. The molecule has 1 aliphatic heterocycles. The maximum Gasteiger partial charge on any atom is 0.194 e. The van der Waals surface area contributed by atoms with E-state index in [1.165, 1.54) is 0 Å². The molecule has 1 aromatic heterocycles. The van der Waals surface area contributed by atoms with Crippen LogP contribution in [0.25, 0.3) is 0 Å². The highest BCUT2D eigenvalue weighted by atomic mass is 16.6. The van der Waals surface area contributed by atoms with Crippen LogP contribution in [-0.2, 0) is 4.74 Å². The zero-order valence-corrected chi connectivity index (χ0v) is 9.11. The first-order valence-corrected chi connectivity index (χ1v) is 5.52. The largest absolute Gasteiger partial charge is 0.354 e. The lowest BCUT2D eigenvalue weighted by Gasteiger charge is -1.96. The predicted molar refractivity (Wildman–Crippen MR) is 62.6 cm³/mol. The number of hydrogen-bond acceptors (Lipinski definition) is 3. The number of epoxide rings is 1. The fourth-order valence-corrected chi connectivity index (χ4v) is 1.85. The summed E-state index contributed by atoms with van der Waals surface area (Å²) in [4.78, 5) is 16.2. The Kier molecular flexibility index (Phi) is 2.46. The van der Waals surface area contributed by atoms with Crippen LogP contribution in [-0.4, -0.2) is 16.9 Å². The first-order chi connectivity index (χ1) is 8.36. The van der Waals surface area contributed by atoms with Gasteiger partial charge in [-0.1, -0.05) is 36.4 Å². The summed E-state index contributed by atoms with van der Waals surface area (Å²) in [6, 6.07) is 14.8. The third-order valence-corrected chi connectivity index (χ3v) is 2.79. The summed E-state index contributed by atoms with van der Waals surface area (Å²) in [6.45, 7) is 0. The van der Waals surface area contributed by atoms with E-state index in [-0.39, 0.29) is 18.0 Å². The number of Topliss-reactive ketones (excluding diaryl/α,β-unsaturated/α-hetero) is 1. The molecule has 2 heterocycles. The summed E-state index contributed by atoms with van der Waals surface area (Å²) in [5, 5.41) is 0. The van der Waals surface area contributed by atoms with Crippen molar-refractivity contribution >= 4 is 5.78 Å². The van der Waals surface area contributed by atoms with Crippen LogP contribution in [0, 0.1) is 0 Å². The first kappa shape index (κ1) is 10.2. The molecule has 0 aliphatic carbocycles. The summed E-state index contributed by atoms with van der Waals surface area (Å²) in [7, 11) is 0. The van der Waals surface area contributed by atoms with Crippen molar-refractivity contribution in [1.29, 1.82) is 0 Å². The number of hydrogen-bond donors (Lipinski definition) is 0. The van der Waals surface area contributed by atoms with E-state index in [0.29, 0.717) is 5.56 Å². The van der Waals surface area contributed by atoms with Gasteiger partial charge in [0.15, 0.2) is 11.9 Å². The molecule has 0 saturated carbocycles. The monoisotopic (exact) mass is 225 g/mol. The minimum absolute atomic E-state index is 0.0289. The molecule has 3 rings (SSSR count). The van der Waals surface area contributed by atoms with Crippen LogP contribution in [0.3, 0.4) is 0 Å². The number of carbonyl (C=O) groups is 1. The van der Waals surface area contributed by atoms with Gasteiger partial charge in [0.25, 0.3) is 0 Å². The fraction of sp³-hybridized carbons (Fsp3) is 0.143. The second-order valence-corrected chi connectivity index (χ2v) is 3.96. The van der Waals surface area contributed by atoms with Gasteiger partial charge >= 0.3 is 0 Å². The van der Waals surface area contributed by atoms with Crippen LogP contribution in [0.2, 0.25) is 0 Å². The number of benzene rings is 1. The molecule has 1 fully saturated rings. The summed E-state index contributed by atoms with van der Waals surface area (Å²) < 4.78 is 5.41. The van der Waals surface area contributed by atoms with Gasteiger partial charge in [0.05, 0.1) is 5.69 Å². The number of ketones is 1. The molecule has 1 aromatic carbocycles. The van der Waals surface area contributed by atoms with E-state index < -0.39 is 0 Å². The Hall–Kier alpha value is -2.00. The van der Waals surface area contributed by atoms with Gasteiger partial charge in [-0.2, -0.15) is 0 Å². The molecule has 0 amide bonds. The van der Waals surface area contributed by atoms with Crippen molar-refractivity contribution in [3.05, 3.63) is 66.0 Å². The molecule has 1 saturated heterocycles. The van der Waals surface area contributed by atoms with Crippen molar-refractivity contribution in [2.24, 2.45) is 0 Å². The SMILES string of the molecule is O=C(c1ccccc1)C1OC1c1ccccn1. The molecule has 0 bridgehead atoms. The maximum atomic E-state index is 12.0. The van der Waals surface area contributed by atoms with Crippen LogP contribution in [0.1, 0.15) is 22.2 Å². The van der Waals surface area contributed by atoms with E-state index in [1.807, 2.05) is 36.4 Å². The fourth-order valence-electron chi connectivity index (χ4n) is 1.85. The predicted octanol–water partition coefficient (Wildman–Crippen LogP) is 2.40. The molecular weight excluding hydrogens is 214 g/mol. The molecule has 0 spiro atoms. The molecule has 3 heteroatoms. The van der Waals surface area contributed by atoms with Crippen LogP contribution in [0.15, 0.2) is 54.7 Å². The molecule has 3 nitrogen and oxygen atoms in total. The molecule has 2 unspecified atom stereocenters. The summed E-state index contributed by atoms with van der Waals surface area (Å²) in [6.07, 6.45) is 1.16. The van der Waals surface area contributed by atoms with Gasteiger partial charge in [0, 0.05) is 11.8 Å². The van der Waals surface area contributed by atoms with Crippen LogP contribution in [0.4, 0.5) is 0 Å². The number of nitrogens with zero attached hydrogens (tertiary/aromatic N) is 1. The van der Waals surface area contributed by atoms with Crippen LogP contribution < -0.4 is 0 Å². The van der Waals surface area contributed by atoms with Crippen molar-refractivity contribution in [1.82, 2.24) is 4.98 Å². The van der Waals surface area contributed by atoms with E-state index >= 15 is 0 Å². The number of pyridine rings is 1. The molecule has 84 valence electrons. The van der Waals surface area contributed by atoms with Gasteiger partial charge in [-0.05, 0) is 12.1 Å². The summed E-state index contributed by atoms with van der Waals surface area (Å²) in [5.41, 5.74) is 1.51. The zero-order valence-electron chi connectivity index (χ0n) is 9.11. The van der Waals surface area contributed by atoms with Crippen molar-refractivity contribution in [3.63, 3.8) is 0 Å². The van der Waals surface area contributed by atoms with Crippen LogP contribution >= 0.6 is 0 Å². The number of rotatable bonds is 3. The van der Waals surface area contributed by atoms with E-state index in [4.69, 9.17) is 4.74 Å². The lowest BCUT2D eigenvalue weighted by Crippen LogP contribution is -2.08. The Morgan fingerprint density at radius 3 is 2.53 bits per heavy atom. The summed E-state index contributed by atoms with van der Waals surface area (Å²) in [5.74, 6) is 0.0289. The molecule has 17 heavy (non-hydrogen) atoms. The quantitative estimate of drug-likeness (QED) is 0.595. The van der Waals surface area contributed by atoms with Crippen LogP contribution in [0.5, 0.6) is 0 Å². The molecule has 1 aliphatic rings. The topological polar surface area (TPSA) is 42.5 Å². The first-order valence-electron chi connectivity index (χ1n) is 5.52. The average Bonchev–Trinajstić information content (AvgIpc) is 3.20. The molecular formula is C14H11NO2. The highest BCUT2D eigenvalue weighted by Gasteiger charge is 2.46. The summed E-state index contributed by atoms with van der Waals surface area (Å²) >= 11 is 0. The van der Waals surface area contributed by atoms with Gasteiger partial charge in [0.2, 0.25) is 0 Å². The Balaban J connectivity index is 1.76. The number of ether oxygens (including phenoxy) is 1. The minimum Gasteiger partial charge on any atom is -0.354 e. The van der Waals surface area contributed by atoms with E-state index in [1.54, 1.807) is 18.3 Å².